The van der Waals surface area contributed by atoms with Crippen molar-refractivity contribution in [3.8, 4) is 6.07 Å². The van der Waals surface area contributed by atoms with Crippen molar-refractivity contribution in [3.63, 3.8) is 0 Å². The van der Waals surface area contributed by atoms with E-state index in [4.69, 9.17) is 34.8 Å². The Balaban J connectivity index is 1.64. The fourth-order valence-corrected chi connectivity index (χ4v) is 5.46. The Hall–Kier alpha value is -3.41. The molecular weight excluding hydrogens is 563 g/mol. The summed E-state index contributed by atoms with van der Waals surface area (Å²) < 4.78 is 0. The van der Waals surface area contributed by atoms with E-state index < -0.39 is 5.92 Å². The molecule has 6 nitrogen and oxygen atoms in total. The summed E-state index contributed by atoms with van der Waals surface area (Å²) in [5, 5.41) is 20.7. The number of benzene rings is 3. The van der Waals surface area contributed by atoms with Gasteiger partial charge >= 0.3 is 0 Å². The number of dihydropyridines is 1. The van der Waals surface area contributed by atoms with Gasteiger partial charge < -0.3 is 16.0 Å². The Bertz CT molecular complexity index is 1500. The predicted octanol–water partition coefficient (Wildman–Crippen LogP) is 7.35. The number of rotatable bonds is 7. The number of hydrogen-bond donors (Lipinski definition) is 3. The van der Waals surface area contributed by atoms with Crippen LogP contribution in [0.25, 0.3) is 0 Å². The molecule has 0 radical (unpaired) electrons. The van der Waals surface area contributed by atoms with Gasteiger partial charge in [-0.25, -0.2) is 0 Å². The fourth-order valence-electron chi connectivity index (χ4n) is 3.98. The minimum Gasteiger partial charge on any atom is -0.353 e. The molecular formula is C28H21Cl3N4O2S. The van der Waals surface area contributed by atoms with Gasteiger partial charge in [-0.2, -0.15) is 5.26 Å². The standard InChI is InChI=1S/C28H21Cl3N4O2S/c1-16-25(27(37)34-18-7-3-2-4-8-18)26(19-9-5-6-10-21(19)30)20(14-32)28(33-16)38-15-24(36)35-23-13-17(29)11-12-22(23)31/h2-13,26,33H,15H2,1H3,(H,34,37)(H,35,36)/t26-/m1/s1. The van der Waals surface area contributed by atoms with Crippen LogP contribution in [0.5, 0.6) is 0 Å². The molecule has 3 aromatic rings. The van der Waals surface area contributed by atoms with Crippen LogP contribution in [-0.2, 0) is 9.59 Å². The van der Waals surface area contributed by atoms with Gasteiger partial charge in [-0.1, -0.05) is 83.0 Å². The summed E-state index contributed by atoms with van der Waals surface area (Å²) in [7, 11) is 0. The number of amides is 2. The topological polar surface area (TPSA) is 94.0 Å². The van der Waals surface area contributed by atoms with Crippen molar-refractivity contribution in [1.29, 1.82) is 5.26 Å². The Morgan fingerprint density at radius 3 is 2.39 bits per heavy atom. The third-order valence-electron chi connectivity index (χ3n) is 5.69. The van der Waals surface area contributed by atoms with Crippen LogP contribution in [0, 0.1) is 11.3 Å². The number of para-hydroxylation sites is 1. The van der Waals surface area contributed by atoms with Gasteiger partial charge in [-0.15, -0.1) is 0 Å². The highest BCUT2D eigenvalue weighted by molar-refractivity contribution is 8.03. The zero-order valence-electron chi connectivity index (χ0n) is 20.0. The number of carbonyl (C=O) groups is 2. The van der Waals surface area contributed by atoms with Crippen LogP contribution in [0.4, 0.5) is 11.4 Å². The minimum absolute atomic E-state index is 0.0234. The van der Waals surface area contributed by atoms with Gasteiger partial charge in [0, 0.05) is 27.0 Å². The highest BCUT2D eigenvalue weighted by Gasteiger charge is 2.36. The number of carbonyl (C=O) groups excluding carboxylic acids is 2. The van der Waals surface area contributed by atoms with E-state index in [2.05, 4.69) is 22.0 Å². The van der Waals surface area contributed by atoms with E-state index in [1.54, 1.807) is 61.5 Å². The van der Waals surface area contributed by atoms with E-state index in [1.165, 1.54) is 0 Å². The van der Waals surface area contributed by atoms with Crippen LogP contribution in [0.15, 0.2) is 94.7 Å². The number of thioether (sulfide) groups is 1. The first-order valence-electron chi connectivity index (χ1n) is 11.4. The van der Waals surface area contributed by atoms with Gasteiger partial charge in [0.05, 0.1) is 39.1 Å². The van der Waals surface area contributed by atoms with E-state index in [-0.39, 0.29) is 23.1 Å². The summed E-state index contributed by atoms with van der Waals surface area (Å²) in [5.74, 6) is -1.47. The van der Waals surface area contributed by atoms with Crippen LogP contribution >= 0.6 is 46.6 Å². The predicted molar refractivity (Wildman–Crippen MR) is 155 cm³/mol. The average Bonchev–Trinajstić information content (AvgIpc) is 2.90. The normalized spacial score (nSPS) is 15.0. The Morgan fingerprint density at radius 1 is 0.974 bits per heavy atom. The maximum Gasteiger partial charge on any atom is 0.254 e. The van der Waals surface area contributed by atoms with Crippen molar-refractivity contribution in [2.24, 2.45) is 0 Å². The largest absolute Gasteiger partial charge is 0.353 e. The summed E-state index contributed by atoms with van der Waals surface area (Å²) in [6, 6.07) is 23.1. The molecule has 1 atom stereocenters. The molecule has 0 saturated heterocycles. The molecule has 1 heterocycles. The zero-order valence-corrected chi connectivity index (χ0v) is 23.1. The number of nitrogens with one attached hydrogen (secondary N) is 3. The molecule has 10 heteroatoms. The first-order chi connectivity index (χ1) is 18.3. The van der Waals surface area contributed by atoms with Crippen LogP contribution in [0.1, 0.15) is 18.4 Å². The molecule has 1 aliphatic rings. The number of halogens is 3. The number of hydrogen-bond acceptors (Lipinski definition) is 5. The highest BCUT2D eigenvalue weighted by Crippen LogP contribution is 2.43. The maximum atomic E-state index is 13.5. The first kappa shape index (κ1) is 27.6. The zero-order chi connectivity index (χ0) is 27.2. The lowest BCUT2D eigenvalue weighted by Gasteiger charge is -2.30. The fraction of sp³-hybridized carbons (Fsp3) is 0.107. The third kappa shape index (κ3) is 6.35. The molecule has 0 fully saturated rings. The van der Waals surface area contributed by atoms with Gasteiger partial charge in [0.1, 0.15) is 0 Å². The smallest absolute Gasteiger partial charge is 0.254 e. The van der Waals surface area contributed by atoms with Crippen molar-refractivity contribution < 1.29 is 9.59 Å². The Kier molecular flexibility index (Phi) is 9.03. The second kappa shape index (κ2) is 12.4. The summed E-state index contributed by atoms with van der Waals surface area (Å²) in [5.41, 5.74) is 2.80. The van der Waals surface area contributed by atoms with Crippen molar-refractivity contribution >= 4 is 69.8 Å². The van der Waals surface area contributed by atoms with Crippen LogP contribution in [0.3, 0.4) is 0 Å². The molecule has 38 heavy (non-hydrogen) atoms. The monoisotopic (exact) mass is 582 g/mol. The lowest BCUT2D eigenvalue weighted by atomic mass is 9.82. The van der Waals surface area contributed by atoms with E-state index in [1.807, 2.05) is 18.2 Å². The SMILES string of the molecule is CC1=C(C(=O)Nc2ccccc2)[C@H](c2ccccc2Cl)C(C#N)=C(SCC(=O)Nc2cc(Cl)ccc2Cl)N1. The molecule has 3 aromatic carbocycles. The molecule has 0 saturated carbocycles. The lowest BCUT2D eigenvalue weighted by molar-refractivity contribution is -0.114. The van der Waals surface area contributed by atoms with Crippen molar-refractivity contribution in [2.75, 3.05) is 16.4 Å². The molecule has 3 N–H and O–H groups in total. The molecule has 2 amide bonds. The van der Waals surface area contributed by atoms with E-state index in [0.29, 0.717) is 48.3 Å². The maximum absolute atomic E-state index is 13.5. The second-order valence-corrected chi connectivity index (χ2v) is 10.5. The molecule has 0 spiro atoms. The van der Waals surface area contributed by atoms with Gasteiger partial charge in [0.2, 0.25) is 5.91 Å². The van der Waals surface area contributed by atoms with Gasteiger partial charge in [-0.3, -0.25) is 9.59 Å². The molecule has 0 aliphatic carbocycles. The number of nitriles is 1. The molecule has 0 unspecified atom stereocenters. The van der Waals surface area contributed by atoms with E-state index >= 15 is 0 Å². The van der Waals surface area contributed by atoms with Crippen LogP contribution in [0.2, 0.25) is 15.1 Å². The summed E-state index contributed by atoms with van der Waals surface area (Å²) in [4.78, 5) is 26.2. The minimum atomic E-state index is -0.744. The lowest BCUT2D eigenvalue weighted by Crippen LogP contribution is -2.31. The summed E-state index contributed by atoms with van der Waals surface area (Å²) in [6.07, 6.45) is 0. The number of anilines is 2. The van der Waals surface area contributed by atoms with Crippen LogP contribution < -0.4 is 16.0 Å². The number of nitrogens with zero attached hydrogens (tertiary/aromatic N) is 1. The van der Waals surface area contributed by atoms with Crippen molar-refractivity contribution in [1.82, 2.24) is 5.32 Å². The highest BCUT2D eigenvalue weighted by atomic mass is 35.5. The van der Waals surface area contributed by atoms with Crippen LogP contribution in [-0.4, -0.2) is 17.6 Å². The molecule has 0 aromatic heterocycles. The third-order valence-corrected chi connectivity index (χ3v) is 7.62. The molecule has 4 rings (SSSR count). The van der Waals surface area contributed by atoms with Gasteiger partial charge in [-0.05, 0) is 48.9 Å². The molecule has 1 aliphatic heterocycles. The molecule has 192 valence electrons. The van der Waals surface area contributed by atoms with Gasteiger partial charge in [0.25, 0.3) is 5.91 Å². The molecule has 0 bridgehead atoms. The van der Waals surface area contributed by atoms with Crippen molar-refractivity contribution in [2.45, 2.75) is 12.8 Å². The summed E-state index contributed by atoms with van der Waals surface area (Å²) in [6.45, 7) is 1.75. The Labute approximate surface area is 239 Å². The quantitative estimate of drug-likeness (QED) is 0.270. The average molecular weight is 584 g/mol. The van der Waals surface area contributed by atoms with Gasteiger partial charge in [0.15, 0.2) is 0 Å². The van der Waals surface area contributed by atoms with Crippen molar-refractivity contribution in [3.05, 3.63) is 115 Å². The number of allylic oxidation sites excluding steroid dienone is 2. The summed E-state index contributed by atoms with van der Waals surface area (Å²) >= 11 is 19.9. The van der Waals surface area contributed by atoms with E-state index in [9.17, 15) is 14.9 Å². The second-order valence-electron chi connectivity index (χ2n) is 8.25. The Morgan fingerprint density at radius 2 is 1.68 bits per heavy atom. The van der Waals surface area contributed by atoms with E-state index in [0.717, 1.165) is 11.8 Å². The first-order valence-corrected chi connectivity index (χ1v) is 13.5.